The number of aromatic nitrogens is 2. The summed E-state index contributed by atoms with van der Waals surface area (Å²) >= 11 is 12.7. The van der Waals surface area contributed by atoms with Crippen LogP contribution in [0.4, 0.5) is 0 Å². The number of Topliss-reactive ketones (excluding diaryl/α,β-unsaturated/α-hetero) is 1. The second-order valence-electron chi connectivity index (χ2n) is 7.14. The molecule has 0 aliphatic rings. The Morgan fingerprint density at radius 3 is 2.53 bits per heavy atom. The van der Waals surface area contributed by atoms with E-state index in [1.165, 1.54) is 17.4 Å². The van der Waals surface area contributed by atoms with Gasteiger partial charge in [-0.05, 0) is 29.8 Å². The van der Waals surface area contributed by atoms with Crippen LogP contribution in [0.15, 0.2) is 72.9 Å². The minimum atomic E-state index is -0.882. The lowest BCUT2D eigenvalue weighted by molar-refractivity contribution is 0.0854. The number of hydrogen-bond donors (Lipinski definition) is 1. The topological polar surface area (TPSA) is 73.2 Å². The SMILES string of the molecule is COc1ccc(C(=O)C(Cc2ccccc2Cl)NC(=O)c2cc3ccccc3n2Cl)cn1. The first-order valence-electron chi connectivity index (χ1n) is 9.83. The van der Waals surface area contributed by atoms with Crippen LogP contribution in [0.25, 0.3) is 10.9 Å². The first kappa shape index (κ1) is 21.9. The van der Waals surface area contributed by atoms with Gasteiger partial charge in [-0.2, -0.15) is 0 Å². The van der Waals surface area contributed by atoms with Crippen molar-refractivity contribution in [2.75, 3.05) is 7.11 Å². The van der Waals surface area contributed by atoms with E-state index in [0.717, 1.165) is 10.9 Å². The fourth-order valence-corrected chi connectivity index (χ4v) is 3.94. The number of carbonyl (C=O) groups excluding carboxylic acids is 2. The number of halogens is 2. The summed E-state index contributed by atoms with van der Waals surface area (Å²) < 4.78 is 6.35. The molecule has 2 aromatic carbocycles. The molecule has 0 spiro atoms. The summed E-state index contributed by atoms with van der Waals surface area (Å²) in [6, 6.07) is 18.6. The van der Waals surface area contributed by atoms with E-state index in [2.05, 4.69) is 10.3 Å². The van der Waals surface area contributed by atoms with Crippen molar-refractivity contribution < 1.29 is 14.3 Å². The molecule has 162 valence electrons. The molecule has 32 heavy (non-hydrogen) atoms. The number of amides is 1. The lowest BCUT2D eigenvalue weighted by Crippen LogP contribution is -2.43. The molecule has 2 aromatic heterocycles. The fraction of sp³-hybridized carbons (Fsp3) is 0.125. The second-order valence-corrected chi connectivity index (χ2v) is 7.89. The molecule has 1 unspecified atom stereocenters. The summed E-state index contributed by atoms with van der Waals surface area (Å²) in [5, 5.41) is 4.16. The summed E-state index contributed by atoms with van der Waals surface area (Å²) in [6.45, 7) is 0. The van der Waals surface area contributed by atoms with E-state index in [-0.39, 0.29) is 17.9 Å². The summed E-state index contributed by atoms with van der Waals surface area (Å²) in [6.07, 6.45) is 1.63. The number of nitrogens with zero attached hydrogens (tertiary/aromatic N) is 2. The maximum absolute atomic E-state index is 13.3. The van der Waals surface area contributed by atoms with Crippen molar-refractivity contribution in [1.82, 2.24) is 14.4 Å². The first-order valence-corrected chi connectivity index (χ1v) is 10.5. The minimum absolute atomic E-state index is 0.207. The second kappa shape index (κ2) is 9.42. The zero-order valence-electron chi connectivity index (χ0n) is 17.1. The Kier molecular flexibility index (Phi) is 6.44. The van der Waals surface area contributed by atoms with Gasteiger partial charge in [0.15, 0.2) is 5.78 Å². The average Bonchev–Trinajstić information content (AvgIpc) is 3.16. The molecule has 4 aromatic rings. The highest BCUT2D eigenvalue weighted by Crippen LogP contribution is 2.22. The van der Waals surface area contributed by atoms with Gasteiger partial charge in [0.1, 0.15) is 5.69 Å². The van der Waals surface area contributed by atoms with E-state index in [9.17, 15) is 9.59 Å². The zero-order valence-corrected chi connectivity index (χ0v) is 18.6. The van der Waals surface area contributed by atoms with Crippen molar-refractivity contribution in [3.8, 4) is 5.88 Å². The summed E-state index contributed by atoms with van der Waals surface area (Å²) in [5.41, 5.74) is 2.01. The molecule has 0 fully saturated rings. The molecule has 1 atom stereocenters. The van der Waals surface area contributed by atoms with Crippen molar-refractivity contribution in [2.45, 2.75) is 12.5 Å². The third kappa shape index (κ3) is 4.47. The summed E-state index contributed by atoms with van der Waals surface area (Å²) in [7, 11) is 1.50. The summed E-state index contributed by atoms with van der Waals surface area (Å²) in [5.74, 6) is -0.381. The summed E-state index contributed by atoms with van der Waals surface area (Å²) in [4.78, 5) is 30.5. The van der Waals surface area contributed by atoms with Crippen LogP contribution >= 0.6 is 23.4 Å². The van der Waals surface area contributed by atoms with E-state index in [1.54, 1.807) is 30.3 Å². The van der Waals surface area contributed by atoms with Crippen molar-refractivity contribution in [3.05, 3.63) is 94.8 Å². The fourth-order valence-electron chi connectivity index (χ4n) is 3.45. The zero-order chi connectivity index (χ0) is 22.7. The van der Waals surface area contributed by atoms with Gasteiger partial charge >= 0.3 is 0 Å². The van der Waals surface area contributed by atoms with Gasteiger partial charge in [-0.3, -0.25) is 9.59 Å². The highest BCUT2D eigenvalue weighted by atomic mass is 35.5. The van der Waals surface area contributed by atoms with Gasteiger partial charge in [0.2, 0.25) is 5.88 Å². The van der Waals surface area contributed by atoms with E-state index < -0.39 is 11.9 Å². The molecule has 6 nitrogen and oxygen atoms in total. The van der Waals surface area contributed by atoms with E-state index in [0.29, 0.717) is 22.0 Å². The number of carbonyl (C=O) groups is 2. The lowest BCUT2D eigenvalue weighted by atomic mass is 9.98. The lowest BCUT2D eigenvalue weighted by Gasteiger charge is -2.19. The molecule has 0 saturated heterocycles. The van der Waals surface area contributed by atoms with Gasteiger partial charge in [-0.25, -0.2) is 9.07 Å². The average molecular weight is 468 g/mol. The number of rotatable bonds is 7. The Labute approximate surface area is 194 Å². The quantitative estimate of drug-likeness (QED) is 0.391. The van der Waals surface area contributed by atoms with Gasteiger partial charge in [-0.15, -0.1) is 0 Å². The van der Waals surface area contributed by atoms with Crippen LogP contribution in [0.2, 0.25) is 5.02 Å². The molecule has 1 amide bonds. The maximum atomic E-state index is 13.3. The monoisotopic (exact) mass is 467 g/mol. The number of nitrogens with one attached hydrogen (secondary N) is 1. The van der Waals surface area contributed by atoms with Crippen LogP contribution in [0.3, 0.4) is 0 Å². The van der Waals surface area contributed by atoms with Crippen LogP contribution in [0, 0.1) is 0 Å². The Morgan fingerprint density at radius 1 is 1.09 bits per heavy atom. The number of methoxy groups -OCH3 is 1. The number of benzene rings is 2. The van der Waals surface area contributed by atoms with Gasteiger partial charge in [0, 0.05) is 46.4 Å². The number of pyridine rings is 1. The van der Waals surface area contributed by atoms with Gasteiger partial charge in [-0.1, -0.05) is 48.0 Å². The Hall–Kier alpha value is -3.35. The van der Waals surface area contributed by atoms with Crippen LogP contribution in [-0.2, 0) is 6.42 Å². The predicted octanol–water partition coefficient (Wildman–Crippen LogP) is 4.92. The molecule has 8 heteroatoms. The number of para-hydroxylation sites is 1. The molecule has 2 heterocycles. The van der Waals surface area contributed by atoms with Crippen LogP contribution in [0.5, 0.6) is 5.88 Å². The third-order valence-electron chi connectivity index (χ3n) is 5.12. The van der Waals surface area contributed by atoms with Crippen LogP contribution in [0.1, 0.15) is 26.4 Å². The molecular formula is C24H19Cl2N3O3. The molecule has 0 aliphatic carbocycles. The van der Waals surface area contributed by atoms with Gasteiger partial charge in [0.05, 0.1) is 18.7 Å². The minimum Gasteiger partial charge on any atom is -0.481 e. The molecular weight excluding hydrogens is 449 g/mol. The van der Waals surface area contributed by atoms with E-state index in [1.807, 2.05) is 36.4 Å². The molecule has 4 rings (SSSR count). The van der Waals surface area contributed by atoms with Gasteiger partial charge < -0.3 is 10.1 Å². The highest BCUT2D eigenvalue weighted by Gasteiger charge is 2.26. The van der Waals surface area contributed by atoms with E-state index in [4.69, 9.17) is 28.1 Å². The maximum Gasteiger partial charge on any atom is 0.269 e. The standard InChI is InChI=1S/C24H19Cl2N3O3/c1-32-22-11-10-17(14-27-22)23(30)19(12-15-6-2-4-8-18(15)25)28-24(31)21-13-16-7-3-5-9-20(16)29(21)26/h2-11,13-14,19H,12H2,1H3,(H,28,31). The number of ether oxygens (including phenoxy) is 1. The predicted molar refractivity (Wildman–Crippen MR) is 125 cm³/mol. The molecule has 0 saturated carbocycles. The Bertz CT molecular complexity index is 1290. The van der Waals surface area contributed by atoms with Crippen LogP contribution in [-0.4, -0.2) is 33.9 Å². The molecule has 0 aliphatic heterocycles. The Morgan fingerprint density at radius 2 is 1.84 bits per heavy atom. The molecule has 0 bridgehead atoms. The molecule has 1 N–H and O–H groups in total. The van der Waals surface area contributed by atoms with Crippen molar-refractivity contribution in [1.29, 1.82) is 0 Å². The number of ketones is 1. The van der Waals surface area contributed by atoms with Gasteiger partial charge in [0.25, 0.3) is 5.91 Å². The van der Waals surface area contributed by atoms with Crippen molar-refractivity contribution >= 4 is 46.0 Å². The van der Waals surface area contributed by atoms with Crippen LogP contribution < -0.4 is 10.1 Å². The largest absolute Gasteiger partial charge is 0.481 e. The normalized spacial score (nSPS) is 11.8. The van der Waals surface area contributed by atoms with Crippen molar-refractivity contribution in [2.24, 2.45) is 0 Å². The first-order chi connectivity index (χ1) is 15.5. The van der Waals surface area contributed by atoms with E-state index >= 15 is 0 Å². The molecule has 0 radical (unpaired) electrons. The Balaban J connectivity index is 1.66. The smallest absolute Gasteiger partial charge is 0.269 e. The highest BCUT2D eigenvalue weighted by molar-refractivity contribution is 6.31. The number of hydrogen-bond acceptors (Lipinski definition) is 4. The van der Waals surface area contributed by atoms with Crippen molar-refractivity contribution in [3.63, 3.8) is 0 Å². The third-order valence-corrected chi connectivity index (χ3v) is 5.85. The number of fused-ring (bicyclic) bond motifs is 1.